The molecule has 0 aromatic carbocycles. The topological polar surface area (TPSA) is 79.5 Å². The Bertz CT molecular complexity index is 572. The van der Waals surface area contributed by atoms with Gasteiger partial charge in [0.25, 0.3) is 0 Å². The maximum atomic E-state index is 12.1. The molecule has 0 bridgehead atoms. The molecular formula is C17H31IN4O2S. The van der Waals surface area contributed by atoms with Gasteiger partial charge in [0.05, 0.1) is 5.69 Å². The Labute approximate surface area is 170 Å². The van der Waals surface area contributed by atoms with Crippen molar-refractivity contribution in [2.75, 3.05) is 19.3 Å². The van der Waals surface area contributed by atoms with Gasteiger partial charge in [-0.05, 0) is 39.5 Å². The van der Waals surface area contributed by atoms with Crippen molar-refractivity contribution >= 4 is 40.7 Å². The predicted molar refractivity (Wildman–Crippen MR) is 114 cm³/mol. The number of rotatable bonds is 6. The average molecular weight is 482 g/mol. The summed E-state index contributed by atoms with van der Waals surface area (Å²) in [4.78, 5) is 4.32. The molecule has 0 radical (unpaired) electrons. The van der Waals surface area contributed by atoms with Crippen molar-refractivity contribution < 1.29 is 8.73 Å². The van der Waals surface area contributed by atoms with Gasteiger partial charge in [-0.2, -0.15) is 0 Å². The minimum atomic E-state index is -0.700. The zero-order valence-electron chi connectivity index (χ0n) is 15.6. The molecule has 6 nitrogen and oxygen atoms in total. The second-order valence-corrected chi connectivity index (χ2v) is 8.36. The molecule has 0 saturated heterocycles. The summed E-state index contributed by atoms with van der Waals surface area (Å²) >= 11 is 0. The standard InChI is InChI=1S/C17H30N4O2S.HI/c1-5-24(22)15-8-6-7-14(11-15)20-17(18-4)19-10-9-16-12(2)21-23-13(16)3;/h14-15H,5-11H2,1-4H3,(H2,18,19,20);1H. The van der Waals surface area contributed by atoms with Gasteiger partial charge in [-0.15, -0.1) is 24.0 Å². The third kappa shape index (κ3) is 6.54. The molecule has 1 aliphatic carbocycles. The fourth-order valence-electron chi connectivity index (χ4n) is 3.30. The van der Waals surface area contributed by atoms with Gasteiger partial charge in [0.15, 0.2) is 5.96 Å². The van der Waals surface area contributed by atoms with Crippen molar-refractivity contribution in [3.8, 4) is 0 Å². The summed E-state index contributed by atoms with van der Waals surface area (Å²) in [7, 11) is 1.09. The van der Waals surface area contributed by atoms with Crippen molar-refractivity contribution in [1.29, 1.82) is 0 Å². The number of aliphatic imine (C=N–C) groups is 1. The molecule has 1 saturated carbocycles. The molecule has 0 aliphatic heterocycles. The summed E-state index contributed by atoms with van der Waals surface area (Å²) in [5.74, 6) is 2.45. The first-order valence-electron chi connectivity index (χ1n) is 8.81. The smallest absolute Gasteiger partial charge is 0.191 e. The van der Waals surface area contributed by atoms with Crippen LogP contribution < -0.4 is 10.6 Å². The minimum Gasteiger partial charge on any atom is -0.361 e. The highest BCUT2D eigenvalue weighted by atomic mass is 127. The first-order chi connectivity index (χ1) is 11.5. The lowest BCUT2D eigenvalue weighted by molar-refractivity contribution is 0.392. The van der Waals surface area contributed by atoms with Crippen LogP contribution in [0.5, 0.6) is 0 Å². The molecule has 8 heteroatoms. The number of aryl methyl sites for hydroxylation is 2. The van der Waals surface area contributed by atoms with Gasteiger partial charge >= 0.3 is 0 Å². The van der Waals surface area contributed by atoms with Crippen molar-refractivity contribution in [1.82, 2.24) is 15.8 Å². The Kier molecular flexibility index (Phi) is 9.99. The Morgan fingerprint density at radius 3 is 2.76 bits per heavy atom. The lowest BCUT2D eigenvalue weighted by Crippen LogP contribution is -2.47. The van der Waals surface area contributed by atoms with Crippen molar-refractivity contribution in [3.63, 3.8) is 0 Å². The number of aromatic nitrogens is 1. The van der Waals surface area contributed by atoms with E-state index in [1.165, 1.54) is 0 Å². The molecule has 1 fully saturated rings. The molecule has 1 aliphatic rings. The number of hydrogen-bond acceptors (Lipinski definition) is 4. The largest absolute Gasteiger partial charge is 0.361 e. The van der Waals surface area contributed by atoms with Gasteiger partial charge < -0.3 is 15.2 Å². The van der Waals surface area contributed by atoms with E-state index >= 15 is 0 Å². The van der Waals surface area contributed by atoms with Crippen LogP contribution in [0.2, 0.25) is 0 Å². The molecule has 0 spiro atoms. The monoisotopic (exact) mass is 482 g/mol. The van der Waals surface area contributed by atoms with E-state index in [9.17, 15) is 4.21 Å². The van der Waals surface area contributed by atoms with E-state index in [2.05, 4.69) is 20.8 Å². The highest BCUT2D eigenvalue weighted by Crippen LogP contribution is 2.23. The van der Waals surface area contributed by atoms with Crippen LogP contribution in [0.3, 0.4) is 0 Å². The molecule has 3 unspecified atom stereocenters. The number of guanidine groups is 1. The van der Waals surface area contributed by atoms with Gasteiger partial charge in [0, 0.05) is 47.0 Å². The summed E-state index contributed by atoms with van der Waals surface area (Å²) in [6.07, 6.45) is 5.14. The fraction of sp³-hybridized carbons (Fsp3) is 0.765. The number of hydrogen-bond donors (Lipinski definition) is 2. The zero-order valence-corrected chi connectivity index (χ0v) is 18.8. The molecule has 25 heavy (non-hydrogen) atoms. The minimum absolute atomic E-state index is 0. The van der Waals surface area contributed by atoms with Crippen LogP contribution in [0.25, 0.3) is 0 Å². The number of halogens is 1. The summed E-state index contributed by atoms with van der Waals surface area (Å²) in [6, 6.07) is 0.351. The predicted octanol–water partition coefficient (Wildman–Crippen LogP) is 2.70. The lowest BCUT2D eigenvalue weighted by Gasteiger charge is -2.30. The van der Waals surface area contributed by atoms with Crippen LogP contribution >= 0.6 is 24.0 Å². The summed E-state index contributed by atoms with van der Waals surface area (Å²) in [6.45, 7) is 6.69. The SMILES string of the molecule is CCS(=O)C1CCCC(NC(=NC)NCCc2c(C)noc2C)C1.I. The lowest BCUT2D eigenvalue weighted by atomic mass is 9.95. The first kappa shape index (κ1) is 22.4. The first-order valence-corrected chi connectivity index (χ1v) is 10.2. The number of nitrogens with one attached hydrogen (secondary N) is 2. The van der Waals surface area contributed by atoms with Gasteiger partial charge in [-0.1, -0.05) is 18.5 Å². The zero-order chi connectivity index (χ0) is 17.5. The molecule has 2 rings (SSSR count). The van der Waals surface area contributed by atoms with Crippen LogP contribution in [0.1, 0.15) is 49.6 Å². The van der Waals surface area contributed by atoms with Gasteiger partial charge in [-0.3, -0.25) is 9.20 Å². The van der Waals surface area contributed by atoms with Crippen molar-refractivity contribution in [2.45, 2.75) is 64.2 Å². The highest BCUT2D eigenvalue weighted by molar-refractivity contribution is 14.0. The van der Waals surface area contributed by atoms with Crippen molar-refractivity contribution in [3.05, 3.63) is 17.0 Å². The molecule has 1 aromatic rings. The summed E-state index contributed by atoms with van der Waals surface area (Å²) in [5.41, 5.74) is 2.11. The molecule has 144 valence electrons. The molecule has 1 heterocycles. The van der Waals surface area contributed by atoms with E-state index in [1.807, 2.05) is 20.8 Å². The van der Waals surface area contributed by atoms with Gasteiger partial charge in [-0.25, -0.2) is 0 Å². The third-order valence-electron chi connectivity index (χ3n) is 4.70. The quantitative estimate of drug-likeness (QED) is 0.371. The molecule has 0 amide bonds. The van der Waals surface area contributed by atoms with Crippen LogP contribution in [-0.4, -0.2) is 46.0 Å². The Morgan fingerprint density at radius 1 is 1.40 bits per heavy atom. The second kappa shape index (κ2) is 11.2. The van der Waals surface area contributed by atoms with Gasteiger partial charge in [0.1, 0.15) is 5.76 Å². The number of nitrogens with zero attached hydrogens (tertiary/aromatic N) is 2. The second-order valence-electron chi connectivity index (χ2n) is 6.35. The van der Waals surface area contributed by atoms with E-state index in [4.69, 9.17) is 4.52 Å². The van der Waals surface area contributed by atoms with Crippen molar-refractivity contribution in [2.24, 2.45) is 4.99 Å². The van der Waals surface area contributed by atoms with Gasteiger partial charge in [0.2, 0.25) is 0 Å². The molecule has 2 N–H and O–H groups in total. The fourth-order valence-corrected chi connectivity index (χ4v) is 4.65. The Morgan fingerprint density at radius 2 is 2.16 bits per heavy atom. The normalized spacial score (nSPS) is 22.2. The average Bonchev–Trinajstić information content (AvgIpc) is 2.92. The summed E-state index contributed by atoms with van der Waals surface area (Å²) in [5, 5.41) is 11.2. The Hall–Kier alpha value is -0.640. The maximum Gasteiger partial charge on any atom is 0.191 e. The third-order valence-corrected chi connectivity index (χ3v) is 6.44. The van der Waals surface area contributed by atoms with E-state index in [0.717, 1.165) is 67.4 Å². The van der Waals surface area contributed by atoms with Crippen LogP contribution in [0.4, 0.5) is 0 Å². The van der Waals surface area contributed by atoms with Crippen LogP contribution in [-0.2, 0) is 17.2 Å². The highest BCUT2D eigenvalue weighted by Gasteiger charge is 2.26. The van der Waals surface area contributed by atoms with Crippen LogP contribution in [0.15, 0.2) is 9.52 Å². The maximum absolute atomic E-state index is 12.1. The molecule has 3 atom stereocenters. The van der Waals surface area contributed by atoms with E-state index in [0.29, 0.717) is 11.3 Å². The van der Waals surface area contributed by atoms with Crippen LogP contribution in [0, 0.1) is 13.8 Å². The van der Waals surface area contributed by atoms with E-state index in [-0.39, 0.29) is 24.0 Å². The summed E-state index contributed by atoms with van der Waals surface area (Å²) < 4.78 is 17.3. The Balaban J connectivity index is 0.00000312. The molecular weight excluding hydrogens is 451 g/mol. The van der Waals surface area contributed by atoms with E-state index < -0.39 is 10.8 Å². The molecule has 1 aromatic heterocycles. The van der Waals surface area contributed by atoms with E-state index in [1.54, 1.807) is 7.05 Å².